The zero-order valence-corrected chi connectivity index (χ0v) is 24.6. The summed E-state index contributed by atoms with van der Waals surface area (Å²) in [4.78, 5) is 42.2. The van der Waals surface area contributed by atoms with Crippen molar-refractivity contribution < 1.29 is 24.2 Å². The molecule has 0 spiro atoms. The molecule has 8 heteroatoms. The van der Waals surface area contributed by atoms with Gasteiger partial charge >= 0.3 is 6.09 Å². The normalized spacial score (nSPS) is 13.7. The van der Waals surface area contributed by atoms with Crippen molar-refractivity contribution in [3.05, 3.63) is 64.7 Å². The Balaban J connectivity index is 2.57. The Kier molecular flexibility index (Phi) is 11.5. The summed E-state index contributed by atoms with van der Waals surface area (Å²) < 4.78 is 5.43. The molecule has 0 saturated carbocycles. The standard InChI is InChI=1S/C31H45N3O5/c1-9-20(3)26(33-30(38)39-31(6,7)8)29(37)34(18-19-35)27(24-16-14-23(10-2)15-17-24)28(36)32-25-21(4)12-11-13-22(25)5/h11-17,20,26-27,35H,9-10,18-19H2,1-8H3,(H,32,36)(H,33,38). The van der Waals surface area contributed by atoms with Gasteiger partial charge in [0, 0.05) is 12.2 Å². The van der Waals surface area contributed by atoms with Crippen molar-refractivity contribution in [1.82, 2.24) is 10.2 Å². The lowest BCUT2D eigenvalue weighted by molar-refractivity contribution is -0.142. The van der Waals surface area contributed by atoms with Crippen LogP contribution in [0.1, 0.15) is 76.3 Å². The van der Waals surface area contributed by atoms with Gasteiger partial charge in [-0.2, -0.15) is 0 Å². The van der Waals surface area contributed by atoms with Crippen LogP contribution in [0.2, 0.25) is 0 Å². The van der Waals surface area contributed by atoms with E-state index in [9.17, 15) is 19.5 Å². The number of carbonyl (C=O) groups is 3. The Labute approximate surface area is 233 Å². The summed E-state index contributed by atoms with van der Waals surface area (Å²) >= 11 is 0. The largest absolute Gasteiger partial charge is 0.444 e. The van der Waals surface area contributed by atoms with Crippen molar-refractivity contribution in [2.75, 3.05) is 18.5 Å². The monoisotopic (exact) mass is 539 g/mol. The van der Waals surface area contributed by atoms with Gasteiger partial charge < -0.3 is 25.4 Å². The number of hydrogen-bond acceptors (Lipinski definition) is 5. The number of para-hydroxylation sites is 1. The molecule has 3 atom stereocenters. The molecule has 8 nitrogen and oxygen atoms in total. The van der Waals surface area contributed by atoms with Gasteiger partial charge in [-0.25, -0.2) is 4.79 Å². The van der Waals surface area contributed by atoms with Gasteiger partial charge in [-0.3, -0.25) is 9.59 Å². The van der Waals surface area contributed by atoms with Gasteiger partial charge in [0.2, 0.25) is 5.91 Å². The molecule has 0 saturated heterocycles. The highest BCUT2D eigenvalue weighted by atomic mass is 16.6. The summed E-state index contributed by atoms with van der Waals surface area (Å²) in [5, 5.41) is 15.8. The smallest absolute Gasteiger partial charge is 0.408 e. The number of nitrogens with one attached hydrogen (secondary N) is 2. The summed E-state index contributed by atoms with van der Waals surface area (Å²) in [5.41, 5.74) is 3.43. The molecule has 3 N–H and O–H groups in total. The molecule has 2 aromatic carbocycles. The molecule has 0 aliphatic carbocycles. The van der Waals surface area contributed by atoms with Gasteiger partial charge in [-0.15, -0.1) is 0 Å². The molecule has 0 aromatic heterocycles. The average molecular weight is 540 g/mol. The van der Waals surface area contributed by atoms with Crippen LogP contribution in [0.5, 0.6) is 0 Å². The Hall–Kier alpha value is -3.39. The van der Waals surface area contributed by atoms with Crippen molar-refractivity contribution >= 4 is 23.6 Å². The molecule has 39 heavy (non-hydrogen) atoms. The van der Waals surface area contributed by atoms with E-state index in [1.807, 2.05) is 77.1 Å². The molecule has 0 aliphatic heterocycles. The Morgan fingerprint density at radius 2 is 1.59 bits per heavy atom. The minimum Gasteiger partial charge on any atom is -0.444 e. The third-order valence-electron chi connectivity index (χ3n) is 6.77. The minimum atomic E-state index is -1.04. The van der Waals surface area contributed by atoms with Gasteiger partial charge in [0.1, 0.15) is 17.7 Å². The van der Waals surface area contributed by atoms with E-state index >= 15 is 0 Å². The zero-order valence-electron chi connectivity index (χ0n) is 24.6. The first-order valence-corrected chi connectivity index (χ1v) is 13.7. The molecule has 0 heterocycles. The number of benzene rings is 2. The number of aliphatic hydroxyl groups excluding tert-OH is 1. The molecule has 214 valence electrons. The van der Waals surface area contributed by atoms with E-state index in [2.05, 4.69) is 10.6 Å². The van der Waals surface area contributed by atoms with Crippen molar-refractivity contribution in [2.24, 2.45) is 5.92 Å². The lowest BCUT2D eigenvalue weighted by Crippen LogP contribution is -2.55. The molecule has 0 bridgehead atoms. The molecular formula is C31H45N3O5. The lowest BCUT2D eigenvalue weighted by Gasteiger charge is -2.36. The van der Waals surface area contributed by atoms with Crippen molar-refractivity contribution in [3.8, 4) is 0 Å². The number of nitrogens with zero attached hydrogens (tertiary/aromatic N) is 1. The Morgan fingerprint density at radius 3 is 2.08 bits per heavy atom. The summed E-state index contributed by atoms with van der Waals surface area (Å²) in [7, 11) is 0. The summed E-state index contributed by atoms with van der Waals surface area (Å²) in [6.45, 7) is 14.4. The third-order valence-corrected chi connectivity index (χ3v) is 6.77. The van der Waals surface area contributed by atoms with Crippen LogP contribution in [-0.4, -0.2) is 52.7 Å². The second kappa shape index (κ2) is 14.1. The summed E-state index contributed by atoms with van der Waals surface area (Å²) in [6.07, 6.45) is 0.715. The maximum Gasteiger partial charge on any atom is 0.408 e. The van der Waals surface area contributed by atoms with Crippen LogP contribution in [0.3, 0.4) is 0 Å². The summed E-state index contributed by atoms with van der Waals surface area (Å²) in [5.74, 6) is -1.12. The fraction of sp³-hybridized carbons (Fsp3) is 0.516. The molecular weight excluding hydrogens is 494 g/mol. The van der Waals surface area contributed by atoms with Gasteiger partial charge in [-0.05, 0) is 69.2 Å². The zero-order chi connectivity index (χ0) is 29.3. The molecule has 0 fully saturated rings. The number of aryl methyl sites for hydroxylation is 3. The van der Waals surface area contributed by atoms with E-state index in [1.54, 1.807) is 20.8 Å². The van der Waals surface area contributed by atoms with Gasteiger partial charge in [0.05, 0.1) is 6.61 Å². The van der Waals surface area contributed by atoms with Crippen LogP contribution >= 0.6 is 0 Å². The minimum absolute atomic E-state index is 0.0951. The molecule has 0 radical (unpaired) electrons. The van der Waals surface area contributed by atoms with Gasteiger partial charge in [0.15, 0.2) is 0 Å². The van der Waals surface area contributed by atoms with Gasteiger partial charge in [0.25, 0.3) is 5.91 Å². The van der Waals surface area contributed by atoms with Crippen LogP contribution in [0.15, 0.2) is 42.5 Å². The third kappa shape index (κ3) is 8.82. The van der Waals surface area contributed by atoms with E-state index in [-0.39, 0.29) is 19.1 Å². The Bertz CT molecular complexity index is 1100. The Morgan fingerprint density at radius 1 is 1.00 bits per heavy atom. The average Bonchev–Trinajstić information content (AvgIpc) is 2.87. The second-order valence-electron chi connectivity index (χ2n) is 11.0. The summed E-state index contributed by atoms with van der Waals surface area (Å²) in [6, 6.07) is 11.3. The fourth-order valence-electron chi connectivity index (χ4n) is 4.38. The lowest BCUT2D eigenvalue weighted by atomic mass is 9.95. The number of anilines is 1. The van der Waals surface area contributed by atoms with E-state index in [4.69, 9.17) is 4.74 Å². The molecule has 0 aliphatic rings. The number of alkyl carbamates (subject to hydrolysis) is 1. The SMILES string of the molecule is CCc1ccc(C(C(=O)Nc2c(C)cccc2C)N(CCO)C(=O)C(NC(=O)OC(C)(C)C)C(C)CC)cc1. The number of carbonyl (C=O) groups excluding carboxylic acids is 3. The molecule has 3 amide bonds. The number of rotatable bonds is 11. The van der Waals surface area contributed by atoms with E-state index in [0.29, 0.717) is 17.7 Å². The maximum absolute atomic E-state index is 14.1. The highest BCUT2D eigenvalue weighted by Gasteiger charge is 2.38. The molecule has 2 rings (SSSR count). The van der Waals surface area contributed by atoms with Crippen molar-refractivity contribution in [1.29, 1.82) is 0 Å². The second-order valence-corrected chi connectivity index (χ2v) is 11.0. The van der Waals surface area contributed by atoms with E-state index in [0.717, 1.165) is 23.1 Å². The molecule has 3 unspecified atom stereocenters. The predicted molar refractivity (Wildman–Crippen MR) is 155 cm³/mol. The first-order chi connectivity index (χ1) is 18.3. The first kappa shape index (κ1) is 31.8. The van der Waals surface area contributed by atoms with Crippen LogP contribution in [0.4, 0.5) is 10.5 Å². The van der Waals surface area contributed by atoms with Crippen LogP contribution < -0.4 is 10.6 Å². The quantitative estimate of drug-likeness (QED) is 0.359. The highest BCUT2D eigenvalue weighted by molar-refractivity contribution is 6.00. The van der Waals surface area contributed by atoms with Crippen molar-refractivity contribution in [3.63, 3.8) is 0 Å². The van der Waals surface area contributed by atoms with Crippen LogP contribution in [0, 0.1) is 19.8 Å². The topological polar surface area (TPSA) is 108 Å². The molecule has 2 aromatic rings. The fourth-order valence-corrected chi connectivity index (χ4v) is 4.38. The van der Waals surface area contributed by atoms with E-state index in [1.165, 1.54) is 4.90 Å². The number of aliphatic hydroxyl groups is 1. The number of hydrogen-bond donors (Lipinski definition) is 3. The van der Waals surface area contributed by atoms with Crippen LogP contribution in [-0.2, 0) is 20.7 Å². The van der Waals surface area contributed by atoms with E-state index < -0.39 is 35.6 Å². The number of ether oxygens (including phenoxy) is 1. The first-order valence-electron chi connectivity index (χ1n) is 13.7. The van der Waals surface area contributed by atoms with Crippen LogP contribution in [0.25, 0.3) is 0 Å². The van der Waals surface area contributed by atoms with Crippen molar-refractivity contribution in [2.45, 2.75) is 85.9 Å². The predicted octanol–water partition coefficient (Wildman–Crippen LogP) is 5.31. The number of amides is 3. The maximum atomic E-state index is 14.1. The van der Waals surface area contributed by atoms with Gasteiger partial charge in [-0.1, -0.05) is 69.7 Å². The highest BCUT2D eigenvalue weighted by Crippen LogP contribution is 2.28.